The number of primary amides is 1. The van der Waals surface area contributed by atoms with Crippen molar-refractivity contribution in [3.8, 4) is 0 Å². The Morgan fingerprint density at radius 2 is 1.88 bits per heavy atom. The molecule has 0 aromatic carbocycles. The van der Waals surface area contributed by atoms with E-state index >= 15 is 0 Å². The Morgan fingerprint density at radius 3 is 2.44 bits per heavy atom. The van der Waals surface area contributed by atoms with Gasteiger partial charge in [0.15, 0.2) is 5.11 Å². The van der Waals surface area contributed by atoms with E-state index in [0.29, 0.717) is 10.6 Å². The fraction of sp³-hybridized carbons (Fsp3) is 0.500. The van der Waals surface area contributed by atoms with E-state index in [9.17, 15) is 9.59 Å². The van der Waals surface area contributed by atoms with Crippen LogP contribution in [0.3, 0.4) is 0 Å². The molecule has 1 aliphatic rings. The molecule has 5 N–H and O–H groups in total. The fourth-order valence-corrected chi connectivity index (χ4v) is 4.50. The van der Waals surface area contributed by atoms with Gasteiger partial charge in [-0.05, 0) is 43.5 Å². The Hall–Kier alpha value is -0.800. The van der Waals surface area contributed by atoms with E-state index in [1.54, 1.807) is 0 Å². The third-order valence-corrected chi connectivity index (χ3v) is 5.68. The number of nitrogens with two attached hydrogens (primary N) is 1. The lowest BCUT2D eigenvalue weighted by atomic mass is 9.95. The lowest BCUT2D eigenvalue weighted by Gasteiger charge is -2.27. The minimum Gasteiger partial charge on any atom is -0.365 e. The highest BCUT2D eigenvalue weighted by Gasteiger charge is 2.34. The summed E-state index contributed by atoms with van der Waals surface area (Å²) in [6, 6.07) is 0. The van der Waals surface area contributed by atoms with Gasteiger partial charge >= 0.3 is 0 Å². The molecule has 0 radical (unpaired) electrons. The molecule has 1 aromatic rings. The van der Waals surface area contributed by atoms with Gasteiger partial charge in [0.1, 0.15) is 11.2 Å². The van der Waals surface area contributed by atoms with Gasteiger partial charge in [-0.2, -0.15) is 0 Å². The number of hydrogen-bond donors (Lipinski definition) is 4. The lowest BCUT2D eigenvalue weighted by Crippen LogP contribution is -2.55. The first kappa shape index (κ1) is 20.5. The van der Waals surface area contributed by atoms with E-state index < -0.39 is 21.8 Å². The van der Waals surface area contributed by atoms with Crippen LogP contribution in [0, 0.1) is 0 Å². The van der Waals surface area contributed by atoms with Gasteiger partial charge in [0.05, 0.1) is 5.56 Å². The molecule has 2 rings (SSSR count). The standard InChI is InChI=1S/C14H17Cl3N4O2S2/c1-6(22)19-12(14(15,16)17)21-13(24)20-11-9(10(18)23)7-4-2-3-5-8(7)25-11/h12H,2-5H2,1H3,(H2,18,23)(H,19,22)(H2,20,21,24)/t12-/m0/s1. The van der Waals surface area contributed by atoms with E-state index in [-0.39, 0.29) is 5.11 Å². The number of thiocarbonyl (C=S) groups is 1. The Bertz CT molecular complexity index is 703. The van der Waals surface area contributed by atoms with E-state index in [0.717, 1.165) is 36.1 Å². The van der Waals surface area contributed by atoms with E-state index in [1.165, 1.54) is 18.3 Å². The van der Waals surface area contributed by atoms with Crippen molar-refractivity contribution in [1.82, 2.24) is 10.6 Å². The molecule has 11 heteroatoms. The molecule has 6 nitrogen and oxygen atoms in total. The zero-order chi connectivity index (χ0) is 18.8. The van der Waals surface area contributed by atoms with Crippen LogP contribution in [0.5, 0.6) is 0 Å². The Kier molecular flexibility index (Phi) is 6.78. The van der Waals surface area contributed by atoms with Gasteiger partial charge in [-0.3, -0.25) is 9.59 Å². The van der Waals surface area contributed by atoms with Crippen LogP contribution in [0.2, 0.25) is 0 Å². The van der Waals surface area contributed by atoms with Crippen molar-refractivity contribution in [2.45, 2.75) is 42.6 Å². The first-order valence-electron chi connectivity index (χ1n) is 7.45. The maximum absolute atomic E-state index is 11.9. The number of carbonyl (C=O) groups is 2. The molecule has 138 valence electrons. The second-order valence-corrected chi connectivity index (χ2v) is 9.44. The number of anilines is 1. The molecule has 0 unspecified atom stereocenters. The number of alkyl halides is 3. The number of thiophene rings is 1. The lowest BCUT2D eigenvalue weighted by molar-refractivity contribution is -0.119. The molecule has 1 aromatic heterocycles. The summed E-state index contributed by atoms with van der Waals surface area (Å²) in [5.41, 5.74) is 6.97. The Morgan fingerprint density at radius 1 is 1.24 bits per heavy atom. The van der Waals surface area contributed by atoms with Crippen molar-refractivity contribution in [3.63, 3.8) is 0 Å². The van der Waals surface area contributed by atoms with Crippen molar-refractivity contribution in [3.05, 3.63) is 16.0 Å². The van der Waals surface area contributed by atoms with Gasteiger partial charge in [0.25, 0.3) is 5.91 Å². The van der Waals surface area contributed by atoms with Crippen LogP contribution in [0.25, 0.3) is 0 Å². The third kappa shape index (κ3) is 5.34. The summed E-state index contributed by atoms with van der Waals surface area (Å²) in [6.45, 7) is 1.29. The average Bonchev–Trinajstić information content (AvgIpc) is 2.82. The van der Waals surface area contributed by atoms with Crippen molar-refractivity contribution < 1.29 is 9.59 Å². The van der Waals surface area contributed by atoms with Gasteiger partial charge in [-0.1, -0.05) is 34.8 Å². The molecule has 1 heterocycles. The summed E-state index contributed by atoms with van der Waals surface area (Å²) in [7, 11) is 0. The summed E-state index contributed by atoms with van der Waals surface area (Å²) in [5, 5.41) is 8.79. The smallest absolute Gasteiger partial charge is 0.251 e. The number of fused-ring (bicyclic) bond motifs is 1. The second-order valence-electron chi connectivity index (χ2n) is 5.55. The minimum atomic E-state index is -1.82. The fourth-order valence-electron chi connectivity index (χ4n) is 2.59. The monoisotopic (exact) mass is 442 g/mol. The maximum atomic E-state index is 11.9. The predicted molar refractivity (Wildman–Crippen MR) is 107 cm³/mol. The molecule has 0 aliphatic heterocycles. The molecular weight excluding hydrogens is 427 g/mol. The summed E-state index contributed by atoms with van der Waals surface area (Å²) in [5.74, 6) is -0.902. The van der Waals surface area contributed by atoms with Crippen LogP contribution in [0.4, 0.5) is 5.00 Å². The zero-order valence-electron chi connectivity index (χ0n) is 13.3. The van der Waals surface area contributed by atoms with Gasteiger partial charge in [-0.15, -0.1) is 11.3 Å². The molecule has 1 aliphatic carbocycles. The molecular formula is C14H17Cl3N4O2S2. The number of amides is 2. The molecule has 25 heavy (non-hydrogen) atoms. The van der Waals surface area contributed by atoms with Crippen LogP contribution >= 0.6 is 58.4 Å². The normalized spacial score (nSPS) is 15.0. The van der Waals surface area contributed by atoms with Gasteiger partial charge in [-0.25, -0.2) is 0 Å². The SMILES string of the molecule is CC(=O)N[C@@H](NC(=S)Nc1sc2c(c1C(N)=O)CCCC2)C(Cl)(Cl)Cl. The molecule has 0 saturated heterocycles. The molecule has 0 fully saturated rings. The molecule has 0 spiro atoms. The number of hydrogen-bond acceptors (Lipinski definition) is 4. The van der Waals surface area contributed by atoms with Gasteiger partial charge < -0.3 is 21.7 Å². The molecule has 0 saturated carbocycles. The van der Waals surface area contributed by atoms with Crippen LogP contribution < -0.4 is 21.7 Å². The number of rotatable bonds is 4. The largest absolute Gasteiger partial charge is 0.365 e. The summed E-state index contributed by atoms with van der Waals surface area (Å²) >= 11 is 24.2. The van der Waals surface area contributed by atoms with Gasteiger partial charge in [0, 0.05) is 11.8 Å². The number of carbonyl (C=O) groups excluding carboxylic acids is 2. The van der Waals surface area contributed by atoms with Crippen LogP contribution in [-0.4, -0.2) is 26.9 Å². The molecule has 2 amide bonds. The van der Waals surface area contributed by atoms with E-state index in [2.05, 4.69) is 16.0 Å². The van der Waals surface area contributed by atoms with Crippen molar-refractivity contribution in [1.29, 1.82) is 0 Å². The summed E-state index contributed by atoms with van der Waals surface area (Å²) in [4.78, 5) is 24.3. The first-order valence-corrected chi connectivity index (χ1v) is 9.81. The Balaban J connectivity index is 2.18. The van der Waals surface area contributed by atoms with Crippen molar-refractivity contribution in [2.24, 2.45) is 5.73 Å². The first-order chi connectivity index (χ1) is 11.6. The quantitative estimate of drug-likeness (QED) is 0.326. The second kappa shape index (κ2) is 8.26. The van der Waals surface area contributed by atoms with Crippen molar-refractivity contribution in [2.75, 3.05) is 5.32 Å². The Labute approximate surface area is 169 Å². The van der Waals surface area contributed by atoms with Crippen molar-refractivity contribution >= 4 is 80.3 Å². The van der Waals surface area contributed by atoms with E-state index in [4.69, 9.17) is 52.8 Å². The molecule has 0 bridgehead atoms. The number of nitrogens with one attached hydrogen (secondary N) is 3. The minimum absolute atomic E-state index is 0.103. The topological polar surface area (TPSA) is 96.2 Å². The zero-order valence-corrected chi connectivity index (χ0v) is 17.2. The van der Waals surface area contributed by atoms with Gasteiger partial charge in [0.2, 0.25) is 9.70 Å². The highest BCUT2D eigenvalue weighted by atomic mass is 35.6. The highest BCUT2D eigenvalue weighted by Crippen LogP contribution is 2.38. The number of halogens is 3. The summed E-state index contributed by atoms with van der Waals surface area (Å²) < 4.78 is -1.82. The van der Waals surface area contributed by atoms with Crippen LogP contribution in [0.1, 0.15) is 40.6 Å². The van der Waals surface area contributed by atoms with E-state index in [1.807, 2.05) is 0 Å². The average molecular weight is 444 g/mol. The highest BCUT2D eigenvalue weighted by molar-refractivity contribution is 7.80. The molecule has 1 atom stereocenters. The predicted octanol–water partition coefficient (Wildman–Crippen LogP) is 2.84. The summed E-state index contributed by atoms with van der Waals surface area (Å²) in [6.07, 6.45) is 2.77. The maximum Gasteiger partial charge on any atom is 0.251 e. The number of aryl methyl sites for hydroxylation is 1. The third-order valence-electron chi connectivity index (χ3n) is 3.60. The van der Waals surface area contributed by atoms with Crippen LogP contribution in [0.15, 0.2) is 0 Å². The van der Waals surface area contributed by atoms with Crippen LogP contribution in [-0.2, 0) is 17.6 Å².